The van der Waals surface area contributed by atoms with Crippen molar-refractivity contribution in [2.45, 2.75) is 441 Å². The highest BCUT2D eigenvalue weighted by molar-refractivity contribution is 5.58. The third-order valence-corrected chi connectivity index (χ3v) is 29.2. The molecule has 0 fully saturated rings. The minimum Gasteiger partial charge on any atom is -0.352 e. The molecule has 0 atom stereocenters. The summed E-state index contributed by atoms with van der Waals surface area (Å²) in [4.78, 5) is 17.6. The molecule has 13 aromatic heterocycles. The van der Waals surface area contributed by atoms with Gasteiger partial charge in [-0.3, -0.25) is 23.4 Å². The van der Waals surface area contributed by atoms with Gasteiger partial charge in [-0.1, -0.05) is 158 Å². The first kappa shape index (κ1) is 112. The molecule has 13 aromatic rings. The van der Waals surface area contributed by atoms with Gasteiger partial charge in [-0.2, -0.15) is 20.4 Å². The van der Waals surface area contributed by atoms with E-state index in [0.29, 0.717) is 71.3 Å². The lowest BCUT2D eigenvalue weighted by Gasteiger charge is -2.11. The molecule has 0 amide bonds. The van der Waals surface area contributed by atoms with Crippen LogP contribution in [-0.4, -0.2) is 111 Å². The maximum Gasteiger partial charge on any atom is 0.129 e. The van der Waals surface area contributed by atoms with Crippen LogP contribution < -0.4 is 0 Å². The van der Waals surface area contributed by atoms with E-state index in [1.54, 1.807) is 50.6 Å². The van der Waals surface area contributed by atoms with E-state index in [0.717, 1.165) is 60.6 Å². The summed E-state index contributed by atoms with van der Waals surface area (Å²) in [6.07, 6.45) is 4.84. The van der Waals surface area contributed by atoms with Crippen molar-refractivity contribution in [3.05, 3.63) is 238 Å². The summed E-state index contributed by atoms with van der Waals surface area (Å²) in [6, 6.07) is 1.11. The highest BCUT2D eigenvalue weighted by Gasteiger charge is 2.40. The largest absolute Gasteiger partial charge is 0.352 e. The van der Waals surface area contributed by atoms with Gasteiger partial charge in [-0.05, 0) is 280 Å². The van der Waals surface area contributed by atoms with Gasteiger partial charge in [-0.15, -0.1) is 5.10 Å². The van der Waals surface area contributed by atoms with E-state index in [4.69, 9.17) is 0 Å². The van der Waals surface area contributed by atoms with Crippen LogP contribution in [0.1, 0.15) is 495 Å². The van der Waals surface area contributed by atoms with Crippen LogP contribution in [-0.2, 0) is 101 Å². The standard InChI is InChI=1S/C11H19N.2C10H15N.4C9H16N2.C9H11N.4C8H12N2.C7H13N3/c1-7(2)11-8(3)9(4)12(6)10(11)5;1-6(2)10-7(3)11(4)9-5-8(9)10;1-6(2)10-7(3)8(4)11-5-9(10)11;1-6(2)9-7(3)10-8(4)11(9)5;1-6(2)9-7(3)10-11(5)8(9)4;1-6(2)9-7(3)8(4)10-11(9)5;1-6(2)11-8(4)7(3)10-9(11)5;1-5(2)9-6-3-7(6)10-4-8(9)10;1-5(2)8-6-4-7(6)9-10(8)3;1-5(2)8-6(3)9-7-4-10(7)8;1-5(2)8-6(3)9-10-4-7(8)10;1-5(2)10-6(3)9-7-4-8(7)10;1-5(2)7-6(3)8-9-10(7)4/h7H,1-6H3;2*6H,5H2,1-4H3;4*6H,1-5H3;5H,3-4H2,1-2H3;4*5H,4H2,1-3H3;5H,1-4H3. The van der Waals surface area contributed by atoms with Gasteiger partial charge in [0.15, 0.2) is 0 Å². The van der Waals surface area contributed by atoms with Crippen LogP contribution in [0, 0.1) is 132 Å². The van der Waals surface area contributed by atoms with Crippen LogP contribution in [0.15, 0.2) is 0 Å². The van der Waals surface area contributed by atoms with Crippen molar-refractivity contribution in [3.8, 4) is 0 Å². The molecule has 4 aliphatic heterocycles. The molecule has 0 saturated carbocycles. The van der Waals surface area contributed by atoms with Gasteiger partial charge in [0.2, 0.25) is 0 Å². The molecule has 0 radical (unpaired) electrons. The number of hydrogen-bond donors (Lipinski definition) is 0. The zero-order chi connectivity index (χ0) is 104. The Morgan fingerprint density at radius 1 is 0.232 bits per heavy atom. The van der Waals surface area contributed by atoms with Crippen molar-refractivity contribution in [3.63, 3.8) is 0 Å². The zero-order valence-corrected chi connectivity index (χ0v) is 96.4. The Morgan fingerprint density at radius 2 is 0.696 bits per heavy atom. The maximum atomic E-state index is 4.39. The number of imidazole rings is 4. The predicted octanol–water partition coefficient (Wildman–Crippen LogP) is 26.5. The van der Waals surface area contributed by atoms with Crippen LogP contribution in [0.25, 0.3) is 0 Å². The lowest BCUT2D eigenvalue weighted by molar-refractivity contribution is 0.569. The molecular formula is C115H185N23. The summed E-state index contributed by atoms with van der Waals surface area (Å²) < 4.78 is 28.4. The number of rotatable bonds is 13. The minimum atomic E-state index is 0.514. The van der Waals surface area contributed by atoms with Crippen LogP contribution >= 0.6 is 0 Å². The lowest BCUT2D eigenvalue weighted by Crippen LogP contribution is -2.04. The number of aryl methyl sites for hydroxylation is 14. The molecule has 8 aliphatic rings. The van der Waals surface area contributed by atoms with Crippen molar-refractivity contribution in [2.75, 3.05) is 0 Å². The SMILES string of the molecule is CC(C)c1c2c(n3c1C3)C2.CC(C)c1c2c(nn1C)C2.Cc1c(C(C)C)c(C)n(C)c1C.Cc1c(C(C)C)c2c(n1C)C2.Cc1c(C(C)C)c2n(c1C)C2.Cc1nc(C)n(C(C)C)c1C.Cc1nc(C)n(C)c1C(C)C.Cc1nc2c(n1C(C)C)C2.Cc1nc2n(c1C(C)C)C2.Cc1nn(C)c(C(C)C)c1C.Cc1nn(C)c(C)c1C(C)C.Cc1nn2c(c1C(C)C)C2.Cc1nnn(C)c1C(C)C. The molecule has 17 heterocycles. The fourth-order valence-electron chi connectivity index (χ4n) is 22.2. The van der Waals surface area contributed by atoms with E-state index in [-0.39, 0.29) is 0 Å². The summed E-state index contributed by atoms with van der Waals surface area (Å²) in [5.74, 6) is 11.6. The Morgan fingerprint density at radius 3 is 0.942 bits per heavy atom. The van der Waals surface area contributed by atoms with Crippen LogP contribution in [0.5, 0.6) is 0 Å². The monoisotopic (exact) mass is 1890 g/mol. The lowest BCUT2D eigenvalue weighted by atomic mass is 9.99. The highest BCUT2D eigenvalue weighted by Crippen LogP contribution is 2.48. The zero-order valence-electron chi connectivity index (χ0n) is 96.4. The molecule has 23 nitrogen and oxygen atoms in total. The summed E-state index contributed by atoms with van der Waals surface area (Å²) in [6.45, 7) is 103. The third-order valence-electron chi connectivity index (χ3n) is 29.2. The molecule has 4 aliphatic carbocycles. The van der Waals surface area contributed by atoms with E-state index >= 15 is 0 Å². The van der Waals surface area contributed by atoms with Crippen molar-refractivity contribution >= 4 is 0 Å². The molecule has 0 aromatic carbocycles. The second kappa shape index (κ2) is 44.8. The first-order chi connectivity index (χ1) is 64.1. The van der Waals surface area contributed by atoms with Gasteiger partial charge in [0, 0.05) is 184 Å². The normalized spacial score (nSPS) is 12.8. The van der Waals surface area contributed by atoms with Gasteiger partial charge in [-0.25, -0.2) is 19.9 Å². The van der Waals surface area contributed by atoms with E-state index in [2.05, 4.69) is 411 Å². The smallest absolute Gasteiger partial charge is 0.129 e. The second-order valence-electron chi connectivity index (χ2n) is 44.4. The fraction of sp³-hybridized carbons (Fsp3) is 0.635. The molecule has 0 unspecified atom stereocenters. The number of fused-ring (bicyclic) bond motifs is 9. The van der Waals surface area contributed by atoms with E-state index in [9.17, 15) is 0 Å². The predicted molar refractivity (Wildman–Crippen MR) is 576 cm³/mol. The van der Waals surface area contributed by atoms with E-state index < -0.39 is 0 Å². The van der Waals surface area contributed by atoms with Crippen LogP contribution in [0.4, 0.5) is 0 Å². The Balaban J connectivity index is 0.000000167. The molecule has 0 spiro atoms. The average Bonchev–Trinajstić information content (AvgIpc) is 1.52. The van der Waals surface area contributed by atoms with Crippen molar-refractivity contribution in [2.24, 2.45) is 49.3 Å². The van der Waals surface area contributed by atoms with Crippen LogP contribution in [0.2, 0.25) is 0 Å². The molecular weight excluding hydrogens is 1700 g/mol. The third kappa shape index (κ3) is 25.3. The fourth-order valence-corrected chi connectivity index (χ4v) is 22.2. The first-order valence-corrected chi connectivity index (χ1v) is 51.9. The minimum absolute atomic E-state index is 0.514. The van der Waals surface area contributed by atoms with Crippen molar-refractivity contribution < 1.29 is 0 Å². The Bertz CT molecular complexity index is 5650. The topological polar surface area (TPSA) is 193 Å². The molecule has 23 heteroatoms. The molecule has 0 bridgehead atoms. The molecule has 138 heavy (non-hydrogen) atoms. The summed E-state index contributed by atoms with van der Waals surface area (Å²) >= 11 is 0. The summed E-state index contributed by atoms with van der Waals surface area (Å²) in [5.41, 5.74) is 53.5. The van der Waals surface area contributed by atoms with Crippen LogP contribution in [0.3, 0.4) is 0 Å². The molecule has 0 N–H and O–H groups in total. The Labute approximate surface area is 833 Å². The molecule has 760 valence electrons. The number of hydrogen-bond acceptors (Lipinski definition) is 10. The van der Waals surface area contributed by atoms with Gasteiger partial charge < -0.3 is 36.5 Å². The van der Waals surface area contributed by atoms with E-state index in [1.165, 1.54) is 185 Å². The number of aromatic nitrogens is 23. The molecule has 0 saturated heterocycles. The van der Waals surface area contributed by atoms with Gasteiger partial charge >= 0.3 is 0 Å². The summed E-state index contributed by atoms with van der Waals surface area (Å²) in [7, 11) is 14.3. The maximum absolute atomic E-state index is 4.39. The Hall–Kier alpha value is -10.1. The van der Waals surface area contributed by atoms with E-state index in [1.807, 2.05) is 60.8 Å². The Kier molecular flexibility index (Phi) is 36.2. The quantitative estimate of drug-likeness (QED) is 0.107. The first-order valence-electron chi connectivity index (χ1n) is 51.9. The molecule has 21 rings (SSSR count). The van der Waals surface area contributed by atoms with Crippen molar-refractivity contribution in [1.82, 2.24) is 111 Å². The highest BCUT2D eigenvalue weighted by atomic mass is 15.4. The second-order valence-corrected chi connectivity index (χ2v) is 44.4. The number of nitrogens with zero attached hydrogens (tertiary/aromatic N) is 23. The van der Waals surface area contributed by atoms with Gasteiger partial charge in [0.05, 0.1) is 88.8 Å². The van der Waals surface area contributed by atoms with Gasteiger partial charge in [0.25, 0.3) is 0 Å². The summed E-state index contributed by atoms with van der Waals surface area (Å²) in [5, 5.41) is 25.2. The van der Waals surface area contributed by atoms with Crippen molar-refractivity contribution in [1.29, 1.82) is 0 Å². The van der Waals surface area contributed by atoms with Gasteiger partial charge in [0.1, 0.15) is 23.3 Å². The average molecular weight is 1890 g/mol.